The Bertz CT molecular complexity index is 657. The number of hydrogen-bond acceptors (Lipinski definition) is 2. The van der Waals surface area contributed by atoms with E-state index in [0.29, 0.717) is 23.2 Å². The molecule has 1 aromatic carbocycles. The van der Waals surface area contributed by atoms with Gasteiger partial charge < -0.3 is 4.90 Å². The van der Waals surface area contributed by atoms with Gasteiger partial charge in [-0.15, -0.1) is 0 Å². The standard InChI is InChI=1S/C16H14Cl2N2O/c17-14-9-19-15(18)8-13(14)16(21)20(12-6-7-12)10-11-4-2-1-3-5-11/h1-5,8-9,12H,6-7,10H2. The van der Waals surface area contributed by atoms with Crippen LogP contribution >= 0.6 is 23.2 Å². The van der Waals surface area contributed by atoms with Gasteiger partial charge in [-0.3, -0.25) is 4.79 Å². The molecule has 1 aliphatic carbocycles. The SMILES string of the molecule is O=C(c1cc(Cl)ncc1Cl)N(Cc1ccccc1)C1CC1. The van der Waals surface area contributed by atoms with Gasteiger partial charge in [-0.05, 0) is 24.5 Å². The maximum absolute atomic E-state index is 12.8. The molecule has 0 saturated heterocycles. The zero-order valence-corrected chi connectivity index (χ0v) is 12.8. The molecule has 1 saturated carbocycles. The number of carbonyl (C=O) groups excluding carboxylic acids is 1. The molecule has 2 aromatic rings. The van der Waals surface area contributed by atoms with Gasteiger partial charge >= 0.3 is 0 Å². The Morgan fingerprint density at radius 2 is 1.95 bits per heavy atom. The summed E-state index contributed by atoms with van der Waals surface area (Å²) in [6, 6.07) is 11.8. The van der Waals surface area contributed by atoms with E-state index >= 15 is 0 Å². The van der Waals surface area contributed by atoms with Gasteiger partial charge in [0, 0.05) is 18.8 Å². The quantitative estimate of drug-likeness (QED) is 0.791. The highest BCUT2D eigenvalue weighted by atomic mass is 35.5. The van der Waals surface area contributed by atoms with E-state index in [1.54, 1.807) is 0 Å². The lowest BCUT2D eigenvalue weighted by Crippen LogP contribution is -2.32. The van der Waals surface area contributed by atoms with E-state index in [-0.39, 0.29) is 11.1 Å². The Hall–Kier alpha value is -1.58. The lowest BCUT2D eigenvalue weighted by Gasteiger charge is -2.23. The van der Waals surface area contributed by atoms with Crippen LogP contribution in [0.25, 0.3) is 0 Å². The lowest BCUT2D eigenvalue weighted by atomic mass is 10.1. The molecule has 1 aromatic heterocycles. The molecule has 0 unspecified atom stereocenters. The summed E-state index contributed by atoms with van der Waals surface area (Å²) >= 11 is 12.0. The van der Waals surface area contributed by atoms with Gasteiger partial charge in [-0.1, -0.05) is 53.5 Å². The molecule has 1 heterocycles. The molecule has 1 fully saturated rings. The summed E-state index contributed by atoms with van der Waals surface area (Å²) in [6.45, 7) is 0.584. The van der Waals surface area contributed by atoms with Crippen molar-refractivity contribution >= 4 is 29.1 Å². The molecule has 0 N–H and O–H groups in total. The molecule has 0 bridgehead atoms. The first-order valence-electron chi connectivity index (χ1n) is 6.81. The van der Waals surface area contributed by atoms with Gasteiger partial charge in [-0.2, -0.15) is 0 Å². The number of pyridine rings is 1. The van der Waals surface area contributed by atoms with Crippen molar-refractivity contribution in [1.82, 2.24) is 9.88 Å². The van der Waals surface area contributed by atoms with E-state index in [1.165, 1.54) is 12.3 Å². The third kappa shape index (κ3) is 3.36. The third-order valence-corrected chi connectivity index (χ3v) is 4.00. The van der Waals surface area contributed by atoms with Crippen molar-refractivity contribution in [3.8, 4) is 0 Å². The highest BCUT2D eigenvalue weighted by Crippen LogP contribution is 2.31. The van der Waals surface area contributed by atoms with Crippen LogP contribution in [0.4, 0.5) is 0 Å². The Morgan fingerprint density at radius 3 is 2.62 bits per heavy atom. The first kappa shape index (κ1) is 14.4. The average molecular weight is 321 g/mol. The Labute approximate surface area is 133 Å². The number of carbonyl (C=O) groups is 1. The van der Waals surface area contributed by atoms with E-state index < -0.39 is 0 Å². The Balaban J connectivity index is 1.87. The molecule has 1 amide bonds. The smallest absolute Gasteiger partial charge is 0.256 e. The van der Waals surface area contributed by atoms with Gasteiger partial charge in [0.05, 0.1) is 10.6 Å². The van der Waals surface area contributed by atoms with Gasteiger partial charge in [0.1, 0.15) is 5.15 Å². The minimum Gasteiger partial charge on any atom is -0.331 e. The van der Waals surface area contributed by atoms with Crippen molar-refractivity contribution in [2.24, 2.45) is 0 Å². The number of aromatic nitrogens is 1. The summed E-state index contributed by atoms with van der Waals surface area (Å²) in [5.74, 6) is -0.0874. The Morgan fingerprint density at radius 1 is 1.24 bits per heavy atom. The van der Waals surface area contributed by atoms with E-state index in [2.05, 4.69) is 4.98 Å². The van der Waals surface area contributed by atoms with Crippen molar-refractivity contribution in [2.75, 3.05) is 0 Å². The largest absolute Gasteiger partial charge is 0.331 e. The fraction of sp³-hybridized carbons (Fsp3) is 0.250. The van der Waals surface area contributed by atoms with Crippen molar-refractivity contribution in [2.45, 2.75) is 25.4 Å². The van der Waals surface area contributed by atoms with Crippen LogP contribution in [0.5, 0.6) is 0 Å². The third-order valence-electron chi connectivity index (χ3n) is 3.50. The molecule has 5 heteroatoms. The summed E-state index contributed by atoms with van der Waals surface area (Å²) < 4.78 is 0. The van der Waals surface area contributed by atoms with E-state index in [9.17, 15) is 4.79 Å². The van der Waals surface area contributed by atoms with Crippen LogP contribution in [0.3, 0.4) is 0 Å². The van der Waals surface area contributed by atoms with Crippen LogP contribution in [0.1, 0.15) is 28.8 Å². The van der Waals surface area contributed by atoms with E-state index in [0.717, 1.165) is 18.4 Å². The molecule has 0 radical (unpaired) electrons. The normalized spacial score (nSPS) is 14.0. The average Bonchev–Trinajstić information content (AvgIpc) is 3.32. The summed E-state index contributed by atoms with van der Waals surface area (Å²) in [5, 5.41) is 0.612. The van der Waals surface area contributed by atoms with Gasteiger partial charge in [0.2, 0.25) is 0 Å². The lowest BCUT2D eigenvalue weighted by molar-refractivity contribution is 0.0730. The van der Waals surface area contributed by atoms with Crippen molar-refractivity contribution in [3.05, 3.63) is 63.9 Å². The summed E-state index contributed by atoms with van der Waals surface area (Å²) in [6.07, 6.45) is 3.49. The van der Waals surface area contributed by atoms with E-state index in [1.807, 2.05) is 35.2 Å². The van der Waals surface area contributed by atoms with Crippen LogP contribution in [0, 0.1) is 0 Å². The van der Waals surface area contributed by atoms with Crippen LogP contribution in [-0.2, 0) is 6.54 Å². The summed E-state index contributed by atoms with van der Waals surface area (Å²) in [5.41, 5.74) is 1.52. The molecule has 1 aliphatic rings. The predicted octanol–water partition coefficient (Wildman–Crippen LogP) is 4.19. The molecule has 21 heavy (non-hydrogen) atoms. The Kier molecular flexibility index (Phi) is 4.13. The number of benzene rings is 1. The van der Waals surface area contributed by atoms with Gasteiger partial charge in [0.15, 0.2) is 0 Å². The summed E-state index contributed by atoms with van der Waals surface area (Å²) in [4.78, 5) is 18.5. The van der Waals surface area contributed by atoms with Crippen molar-refractivity contribution in [1.29, 1.82) is 0 Å². The molecular formula is C16H14Cl2N2O. The van der Waals surface area contributed by atoms with Crippen LogP contribution < -0.4 is 0 Å². The number of halogens is 2. The number of rotatable bonds is 4. The predicted molar refractivity (Wildman–Crippen MR) is 83.6 cm³/mol. The zero-order chi connectivity index (χ0) is 14.8. The second-order valence-corrected chi connectivity index (χ2v) is 5.93. The molecule has 0 aliphatic heterocycles. The minimum absolute atomic E-state index is 0.0874. The molecule has 108 valence electrons. The first-order chi connectivity index (χ1) is 10.1. The monoisotopic (exact) mass is 320 g/mol. The molecule has 3 rings (SSSR count). The maximum atomic E-state index is 12.8. The number of hydrogen-bond donors (Lipinski definition) is 0. The minimum atomic E-state index is -0.0874. The van der Waals surface area contributed by atoms with E-state index in [4.69, 9.17) is 23.2 Å². The maximum Gasteiger partial charge on any atom is 0.256 e. The fourth-order valence-corrected chi connectivity index (χ4v) is 2.61. The zero-order valence-electron chi connectivity index (χ0n) is 11.3. The first-order valence-corrected chi connectivity index (χ1v) is 7.56. The molecule has 0 atom stereocenters. The second-order valence-electron chi connectivity index (χ2n) is 5.14. The molecular weight excluding hydrogens is 307 g/mol. The van der Waals surface area contributed by atoms with Crippen LogP contribution in [0.2, 0.25) is 10.2 Å². The highest BCUT2D eigenvalue weighted by molar-refractivity contribution is 6.35. The van der Waals surface area contributed by atoms with Gasteiger partial charge in [-0.25, -0.2) is 4.98 Å². The molecule has 0 spiro atoms. The van der Waals surface area contributed by atoms with Gasteiger partial charge in [0.25, 0.3) is 5.91 Å². The summed E-state index contributed by atoms with van der Waals surface area (Å²) in [7, 11) is 0. The fourth-order valence-electron chi connectivity index (χ4n) is 2.26. The second kappa shape index (κ2) is 6.04. The number of nitrogens with zero attached hydrogens (tertiary/aromatic N) is 2. The number of amides is 1. The van der Waals surface area contributed by atoms with Crippen LogP contribution in [-0.4, -0.2) is 21.8 Å². The van der Waals surface area contributed by atoms with Crippen LogP contribution in [0.15, 0.2) is 42.6 Å². The topological polar surface area (TPSA) is 33.2 Å². The van der Waals surface area contributed by atoms with Crippen molar-refractivity contribution in [3.63, 3.8) is 0 Å². The molecule has 3 nitrogen and oxygen atoms in total. The highest BCUT2D eigenvalue weighted by Gasteiger charge is 2.33. The van der Waals surface area contributed by atoms with Crippen molar-refractivity contribution < 1.29 is 4.79 Å².